The van der Waals surface area contributed by atoms with Crippen molar-refractivity contribution in [1.82, 2.24) is 4.90 Å². The minimum absolute atomic E-state index is 0.120. The molecule has 0 aromatic heterocycles. The van der Waals surface area contributed by atoms with Crippen molar-refractivity contribution in [2.45, 2.75) is 32.6 Å². The number of imide groups is 2. The minimum Gasteiger partial charge on any atom is -0.508 e. The Labute approximate surface area is 246 Å². The van der Waals surface area contributed by atoms with Crippen LogP contribution in [-0.2, 0) is 19.2 Å². The standard InChI is InChI=1S/C31H30ClFN2O7/c1-5-34-27(37)17-8-7-16-18(24(17)29(34)39)13-19-28(38)35(14-6-9-21(33)20(32)10-14)30(40)31(19,2)26(16)25-22(41-3)11-15(36)12-23(25)42-4/h6-7,9-12,17-19,24,26,36H,5,8,13H2,1-4H3/t17-,18+,19-,24-,26+,31+/m0/s1. The maximum Gasteiger partial charge on any atom is 0.241 e. The van der Waals surface area contributed by atoms with Gasteiger partial charge in [-0.25, -0.2) is 9.29 Å². The molecule has 9 nitrogen and oxygen atoms in total. The van der Waals surface area contributed by atoms with Crippen LogP contribution in [0, 0.1) is 34.9 Å². The van der Waals surface area contributed by atoms with Gasteiger partial charge in [0.1, 0.15) is 23.1 Å². The second-order valence-corrected chi connectivity index (χ2v) is 11.9. The molecule has 4 aliphatic rings. The van der Waals surface area contributed by atoms with Crippen LogP contribution < -0.4 is 14.4 Å². The molecule has 2 aliphatic heterocycles. The molecule has 2 aromatic carbocycles. The summed E-state index contributed by atoms with van der Waals surface area (Å²) >= 11 is 6.05. The van der Waals surface area contributed by atoms with Crippen LogP contribution in [0.15, 0.2) is 42.0 Å². The number of methoxy groups -OCH3 is 2. The molecule has 220 valence electrons. The summed E-state index contributed by atoms with van der Waals surface area (Å²) in [6, 6.07) is 6.49. The van der Waals surface area contributed by atoms with Crippen LogP contribution in [0.3, 0.4) is 0 Å². The quantitative estimate of drug-likeness (QED) is 0.401. The summed E-state index contributed by atoms with van der Waals surface area (Å²) < 4.78 is 25.4. The van der Waals surface area contributed by atoms with E-state index >= 15 is 0 Å². The molecule has 6 atom stereocenters. The maximum atomic E-state index is 14.5. The highest BCUT2D eigenvalue weighted by Crippen LogP contribution is 2.65. The van der Waals surface area contributed by atoms with Gasteiger partial charge in [-0.05, 0) is 50.8 Å². The molecule has 3 fully saturated rings. The van der Waals surface area contributed by atoms with Gasteiger partial charge in [-0.15, -0.1) is 0 Å². The number of ether oxygens (including phenoxy) is 2. The maximum absolute atomic E-state index is 14.5. The summed E-state index contributed by atoms with van der Waals surface area (Å²) in [5.41, 5.74) is -0.0594. The van der Waals surface area contributed by atoms with Crippen molar-refractivity contribution in [1.29, 1.82) is 0 Å². The van der Waals surface area contributed by atoms with Gasteiger partial charge in [0.15, 0.2) is 0 Å². The first-order valence-electron chi connectivity index (χ1n) is 13.8. The van der Waals surface area contributed by atoms with E-state index in [-0.39, 0.29) is 52.7 Å². The average molecular weight is 597 g/mol. The van der Waals surface area contributed by atoms with Crippen LogP contribution in [0.2, 0.25) is 5.02 Å². The zero-order valence-electron chi connectivity index (χ0n) is 23.5. The van der Waals surface area contributed by atoms with E-state index in [9.17, 15) is 28.7 Å². The normalized spacial score (nSPS) is 30.2. The number of phenolic OH excluding ortho intramolecular Hbond substituents is 1. The first kappa shape index (κ1) is 28.2. The van der Waals surface area contributed by atoms with Crippen molar-refractivity contribution in [2.24, 2.45) is 29.1 Å². The highest BCUT2D eigenvalue weighted by atomic mass is 35.5. The van der Waals surface area contributed by atoms with E-state index in [1.165, 1.54) is 43.4 Å². The van der Waals surface area contributed by atoms with Crippen LogP contribution >= 0.6 is 11.6 Å². The SMILES string of the molecule is CCN1C(=O)[C@H]2[C@H](CC=C3[C@H]2C[C@H]2C(=O)N(c4ccc(F)c(Cl)c4)C(=O)[C@@]2(C)[C@H]3c2c(OC)cc(O)cc2OC)C1=O. The molecule has 2 heterocycles. The second-order valence-electron chi connectivity index (χ2n) is 11.4. The van der Waals surface area contributed by atoms with Gasteiger partial charge in [-0.2, -0.15) is 0 Å². The monoisotopic (exact) mass is 596 g/mol. The number of amides is 4. The summed E-state index contributed by atoms with van der Waals surface area (Å²) in [4.78, 5) is 57.8. The van der Waals surface area contributed by atoms with Crippen molar-refractivity contribution >= 4 is 40.9 Å². The van der Waals surface area contributed by atoms with Gasteiger partial charge in [0.2, 0.25) is 23.6 Å². The number of carbonyl (C=O) groups is 4. The van der Waals surface area contributed by atoms with Crippen LogP contribution in [-0.4, -0.2) is 54.4 Å². The number of hydrogen-bond donors (Lipinski definition) is 1. The fourth-order valence-electron chi connectivity index (χ4n) is 7.78. The van der Waals surface area contributed by atoms with Gasteiger partial charge >= 0.3 is 0 Å². The molecule has 42 heavy (non-hydrogen) atoms. The van der Waals surface area contributed by atoms with Gasteiger partial charge in [0.05, 0.1) is 48.1 Å². The van der Waals surface area contributed by atoms with E-state index in [0.717, 1.165) is 16.5 Å². The van der Waals surface area contributed by atoms with E-state index in [1.54, 1.807) is 13.8 Å². The summed E-state index contributed by atoms with van der Waals surface area (Å²) in [5, 5.41) is 10.2. The Hall–Kier alpha value is -3.92. The predicted octanol–water partition coefficient (Wildman–Crippen LogP) is 4.45. The summed E-state index contributed by atoms with van der Waals surface area (Å²) in [6.07, 6.45) is 2.38. The fraction of sp³-hybridized carbons (Fsp3) is 0.419. The number of halogens is 2. The van der Waals surface area contributed by atoms with Crippen LogP contribution in [0.1, 0.15) is 38.2 Å². The number of nitrogens with zero attached hydrogens (tertiary/aromatic N) is 2. The second kappa shape index (κ2) is 9.83. The van der Waals surface area contributed by atoms with E-state index < -0.39 is 52.6 Å². The molecule has 0 radical (unpaired) electrons. The summed E-state index contributed by atoms with van der Waals surface area (Å²) in [5.74, 6) is -5.34. The lowest BCUT2D eigenvalue weighted by Crippen LogP contribution is -2.49. The number of phenols is 1. The number of carbonyl (C=O) groups excluding carboxylic acids is 4. The molecule has 0 bridgehead atoms. The highest BCUT2D eigenvalue weighted by Gasteiger charge is 2.68. The number of rotatable bonds is 5. The molecule has 0 spiro atoms. The Kier molecular flexibility index (Phi) is 6.60. The lowest BCUT2D eigenvalue weighted by molar-refractivity contribution is -0.140. The van der Waals surface area contributed by atoms with Crippen molar-refractivity contribution in [2.75, 3.05) is 25.7 Å². The minimum atomic E-state index is -1.39. The smallest absolute Gasteiger partial charge is 0.241 e. The first-order chi connectivity index (χ1) is 20.0. The summed E-state index contributed by atoms with van der Waals surface area (Å²) in [7, 11) is 2.85. The van der Waals surface area contributed by atoms with Crippen molar-refractivity contribution in [3.05, 3.63) is 58.4 Å². The molecule has 2 aromatic rings. The van der Waals surface area contributed by atoms with Gasteiger partial charge in [0, 0.05) is 30.2 Å². The van der Waals surface area contributed by atoms with Gasteiger partial charge in [-0.3, -0.25) is 24.1 Å². The lowest BCUT2D eigenvalue weighted by atomic mass is 9.51. The fourth-order valence-corrected chi connectivity index (χ4v) is 7.95. The van der Waals surface area contributed by atoms with Crippen molar-refractivity contribution < 1.29 is 38.1 Å². The molecular weight excluding hydrogens is 567 g/mol. The Morgan fingerprint density at radius 1 is 1.02 bits per heavy atom. The van der Waals surface area contributed by atoms with E-state index in [0.29, 0.717) is 12.0 Å². The largest absolute Gasteiger partial charge is 0.508 e. The average Bonchev–Trinajstić information content (AvgIpc) is 3.33. The number of allylic oxidation sites excluding steroid dienone is 2. The van der Waals surface area contributed by atoms with Gasteiger partial charge in [0.25, 0.3) is 0 Å². The van der Waals surface area contributed by atoms with Crippen LogP contribution in [0.5, 0.6) is 17.2 Å². The molecule has 2 saturated heterocycles. The Balaban J connectivity index is 1.59. The van der Waals surface area contributed by atoms with E-state index in [2.05, 4.69) is 0 Å². The van der Waals surface area contributed by atoms with Gasteiger partial charge in [-0.1, -0.05) is 23.3 Å². The molecule has 2 aliphatic carbocycles. The Morgan fingerprint density at radius 3 is 2.29 bits per heavy atom. The Bertz CT molecular complexity index is 1570. The number of likely N-dealkylation sites (tertiary alicyclic amines) is 1. The molecule has 1 N–H and O–H groups in total. The number of fused-ring (bicyclic) bond motifs is 4. The number of aromatic hydroxyl groups is 1. The number of anilines is 1. The third-order valence-corrected chi connectivity index (χ3v) is 9.95. The first-order valence-corrected chi connectivity index (χ1v) is 14.2. The highest BCUT2D eigenvalue weighted by molar-refractivity contribution is 6.31. The topological polar surface area (TPSA) is 113 Å². The molecular formula is C31H30ClFN2O7. The summed E-state index contributed by atoms with van der Waals surface area (Å²) in [6.45, 7) is 3.70. The van der Waals surface area contributed by atoms with Crippen LogP contribution in [0.4, 0.5) is 10.1 Å². The van der Waals surface area contributed by atoms with Crippen molar-refractivity contribution in [3.63, 3.8) is 0 Å². The zero-order valence-corrected chi connectivity index (χ0v) is 24.3. The molecule has 1 saturated carbocycles. The molecule has 11 heteroatoms. The molecule has 0 unspecified atom stereocenters. The third-order valence-electron chi connectivity index (χ3n) is 9.66. The molecule has 4 amide bonds. The van der Waals surface area contributed by atoms with E-state index in [1.807, 2.05) is 6.08 Å². The van der Waals surface area contributed by atoms with E-state index in [4.69, 9.17) is 21.1 Å². The Morgan fingerprint density at radius 2 is 1.69 bits per heavy atom. The number of benzene rings is 2. The molecule has 6 rings (SSSR count). The zero-order chi connectivity index (χ0) is 30.2. The van der Waals surface area contributed by atoms with Crippen molar-refractivity contribution in [3.8, 4) is 17.2 Å². The van der Waals surface area contributed by atoms with Crippen LogP contribution in [0.25, 0.3) is 0 Å². The lowest BCUT2D eigenvalue weighted by Gasteiger charge is -2.49. The van der Waals surface area contributed by atoms with Gasteiger partial charge < -0.3 is 14.6 Å². The third kappa shape index (κ3) is 3.66. The predicted molar refractivity (Wildman–Crippen MR) is 150 cm³/mol. The number of hydrogen-bond acceptors (Lipinski definition) is 7.